The standard InChI is InChI=1S/C11H22ClNO3S/c1-8(17(5,15)16)10(14)13-9(6-7-12)11(2,3)4/h8-9H,6-7H2,1-5H3,(H,13,14). The topological polar surface area (TPSA) is 63.2 Å². The number of sulfone groups is 1. The van der Waals surface area contributed by atoms with Gasteiger partial charge in [0, 0.05) is 18.2 Å². The van der Waals surface area contributed by atoms with Crippen molar-refractivity contribution in [2.75, 3.05) is 12.1 Å². The molecule has 0 aromatic carbocycles. The second-order valence-corrected chi connectivity index (χ2v) is 8.12. The van der Waals surface area contributed by atoms with Gasteiger partial charge in [-0.3, -0.25) is 4.79 Å². The van der Waals surface area contributed by atoms with Crippen molar-refractivity contribution in [3.05, 3.63) is 0 Å². The van der Waals surface area contributed by atoms with Gasteiger partial charge in [0.05, 0.1) is 0 Å². The first-order valence-electron chi connectivity index (χ1n) is 5.55. The Morgan fingerprint density at radius 1 is 1.35 bits per heavy atom. The van der Waals surface area contributed by atoms with E-state index in [2.05, 4.69) is 5.32 Å². The summed E-state index contributed by atoms with van der Waals surface area (Å²) >= 11 is 5.69. The third kappa shape index (κ3) is 5.73. The molecule has 102 valence electrons. The van der Waals surface area contributed by atoms with Gasteiger partial charge in [-0.2, -0.15) is 0 Å². The van der Waals surface area contributed by atoms with Crippen LogP contribution in [0.15, 0.2) is 0 Å². The van der Waals surface area contributed by atoms with E-state index in [1.165, 1.54) is 6.92 Å². The number of amides is 1. The lowest BCUT2D eigenvalue weighted by Gasteiger charge is -2.31. The lowest BCUT2D eigenvalue weighted by Crippen LogP contribution is -2.48. The van der Waals surface area contributed by atoms with Crippen LogP contribution < -0.4 is 5.32 Å². The van der Waals surface area contributed by atoms with Crippen molar-refractivity contribution in [1.82, 2.24) is 5.32 Å². The van der Waals surface area contributed by atoms with Gasteiger partial charge in [-0.1, -0.05) is 20.8 Å². The largest absolute Gasteiger partial charge is 0.352 e. The molecule has 0 saturated heterocycles. The molecule has 0 heterocycles. The summed E-state index contributed by atoms with van der Waals surface area (Å²) in [6, 6.07) is -0.128. The molecule has 6 heteroatoms. The highest BCUT2D eigenvalue weighted by atomic mass is 35.5. The predicted octanol–water partition coefficient (Wildman–Crippen LogP) is 1.58. The second kappa shape index (κ2) is 6.05. The molecule has 0 aliphatic carbocycles. The molecule has 1 amide bonds. The minimum atomic E-state index is -3.35. The van der Waals surface area contributed by atoms with Crippen LogP contribution in [0, 0.1) is 5.41 Å². The van der Waals surface area contributed by atoms with Gasteiger partial charge in [-0.25, -0.2) is 8.42 Å². The minimum absolute atomic E-state index is 0.128. The smallest absolute Gasteiger partial charge is 0.238 e. The zero-order chi connectivity index (χ0) is 13.9. The molecule has 0 bridgehead atoms. The number of hydrogen-bond donors (Lipinski definition) is 1. The Morgan fingerprint density at radius 3 is 2.12 bits per heavy atom. The number of hydrogen-bond acceptors (Lipinski definition) is 3. The van der Waals surface area contributed by atoms with E-state index in [9.17, 15) is 13.2 Å². The Bertz CT molecular complexity index is 359. The van der Waals surface area contributed by atoms with Gasteiger partial charge in [-0.05, 0) is 18.8 Å². The van der Waals surface area contributed by atoms with Crippen LogP contribution in [0.3, 0.4) is 0 Å². The van der Waals surface area contributed by atoms with E-state index in [-0.39, 0.29) is 11.5 Å². The maximum Gasteiger partial charge on any atom is 0.238 e. The first-order chi connectivity index (χ1) is 7.50. The van der Waals surface area contributed by atoms with Crippen LogP contribution in [-0.2, 0) is 14.6 Å². The fraction of sp³-hybridized carbons (Fsp3) is 0.909. The van der Waals surface area contributed by atoms with Crippen LogP contribution in [-0.4, -0.2) is 37.8 Å². The van der Waals surface area contributed by atoms with Crippen molar-refractivity contribution in [3.8, 4) is 0 Å². The molecule has 0 aromatic rings. The van der Waals surface area contributed by atoms with E-state index in [1.54, 1.807) is 0 Å². The van der Waals surface area contributed by atoms with Crippen molar-refractivity contribution in [1.29, 1.82) is 0 Å². The molecule has 4 nitrogen and oxygen atoms in total. The van der Waals surface area contributed by atoms with Gasteiger partial charge in [0.15, 0.2) is 9.84 Å². The summed E-state index contributed by atoms with van der Waals surface area (Å²) in [6.45, 7) is 7.34. The Hall–Kier alpha value is -0.290. The molecule has 2 atom stereocenters. The second-order valence-electron chi connectivity index (χ2n) is 5.38. The quantitative estimate of drug-likeness (QED) is 0.779. The summed E-state index contributed by atoms with van der Waals surface area (Å²) in [6.07, 6.45) is 1.68. The van der Waals surface area contributed by atoms with Crippen molar-refractivity contribution in [2.24, 2.45) is 5.41 Å². The van der Waals surface area contributed by atoms with Gasteiger partial charge in [-0.15, -0.1) is 11.6 Å². The highest BCUT2D eigenvalue weighted by molar-refractivity contribution is 7.92. The summed E-state index contributed by atoms with van der Waals surface area (Å²) in [5.74, 6) is -0.0345. The fourth-order valence-electron chi connectivity index (χ4n) is 1.31. The lowest BCUT2D eigenvalue weighted by molar-refractivity contribution is -0.121. The predicted molar refractivity (Wildman–Crippen MR) is 71.0 cm³/mol. The van der Waals surface area contributed by atoms with Gasteiger partial charge >= 0.3 is 0 Å². The number of carbonyl (C=O) groups is 1. The molecule has 0 spiro atoms. The maximum absolute atomic E-state index is 11.8. The minimum Gasteiger partial charge on any atom is -0.352 e. The van der Waals surface area contributed by atoms with Crippen LogP contribution in [0.25, 0.3) is 0 Å². The summed E-state index contributed by atoms with van der Waals surface area (Å²) in [5, 5.41) is 1.74. The third-order valence-corrected chi connectivity index (χ3v) is 4.49. The molecular formula is C11H22ClNO3S. The van der Waals surface area contributed by atoms with Gasteiger partial charge in [0.2, 0.25) is 5.91 Å². The van der Waals surface area contributed by atoms with E-state index in [0.29, 0.717) is 12.3 Å². The summed E-state index contributed by atoms with van der Waals surface area (Å²) in [5.41, 5.74) is -0.151. The molecule has 0 rings (SSSR count). The van der Waals surface area contributed by atoms with Crippen molar-refractivity contribution in [2.45, 2.75) is 45.4 Å². The van der Waals surface area contributed by atoms with Crippen LogP contribution in [0.5, 0.6) is 0 Å². The highest BCUT2D eigenvalue weighted by Crippen LogP contribution is 2.22. The van der Waals surface area contributed by atoms with E-state index in [4.69, 9.17) is 11.6 Å². The monoisotopic (exact) mass is 283 g/mol. The Kier molecular flexibility index (Phi) is 5.94. The zero-order valence-corrected chi connectivity index (χ0v) is 12.7. The molecule has 0 saturated carbocycles. The van der Waals surface area contributed by atoms with Crippen LogP contribution in [0.4, 0.5) is 0 Å². The SMILES string of the molecule is CC(C(=O)NC(CCCl)C(C)(C)C)S(C)(=O)=O. The Balaban J connectivity index is 4.74. The van der Waals surface area contributed by atoms with E-state index in [1.807, 2.05) is 20.8 Å². The molecule has 0 radical (unpaired) electrons. The molecule has 2 unspecified atom stereocenters. The van der Waals surface area contributed by atoms with Crippen LogP contribution >= 0.6 is 11.6 Å². The molecule has 0 aliphatic heterocycles. The first kappa shape index (κ1) is 16.7. The highest BCUT2D eigenvalue weighted by Gasteiger charge is 2.30. The number of halogens is 1. The summed E-state index contributed by atoms with van der Waals surface area (Å²) in [4.78, 5) is 11.8. The van der Waals surface area contributed by atoms with Gasteiger partial charge in [0.25, 0.3) is 0 Å². The molecule has 0 fully saturated rings. The van der Waals surface area contributed by atoms with Crippen LogP contribution in [0.1, 0.15) is 34.1 Å². The number of carbonyl (C=O) groups excluding carboxylic acids is 1. The number of nitrogens with one attached hydrogen (secondary N) is 1. The van der Waals surface area contributed by atoms with Crippen molar-refractivity contribution in [3.63, 3.8) is 0 Å². The van der Waals surface area contributed by atoms with E-state index in [0.717, 1.165) is 6.26 Å². The van der Waals surface area contributed by atoms with Gasteiger partial charge < -0.3 is 5.32 Å². The van der Waals surface area contributed by atoms with Crippen molar-refractivity contribution < 1.29 is 13.2 Å². The molecule has 1 N–H and O–H groups in total. The van der Waals surface area contributed by atoms with Crippen molar-refractivity contribution >= 4 is 27.3 Å². The van der Waals surface area contributed by atoms with E-state index >= 15 is 0 Å². The average Bonchev–Trinajstić information content (AvgIpc) is 2.12. The lowest BCUT2D eigenvalue weighted by atomic mass is 9.85. The Morgan fingerprint density at radius 2 is 1.82 bits per heavy atom. The number of rotatable bonds is 5. The average molecular weight is 284 g/mol. The first-order valence-corrected chi connectivity index (χ1v) is 8.04. The van der Waals surface area contributed by atoms with Crippen LogP contribution in [0.2, 0.25) is 0 Å². The number of alkyl halides is 1. The molecule has 17 heavy (non-hydrogen) atoms. The zero-order valence-electron chi connectivity index (χ0n) is 11.1. The Labute approximate surface area is 109 Å². The van der Waals surface area contributed by atoms with Gasteiger partial charge in [0.1, 0.15) is 5.25 Å². The third-order valence-electron chi connectivity index (χ3n) is 2.77. The normalized spacial score (nSPS) is 16.4. The summed E-state index contributed by atoms with van der Waals surface area (Å²) in [7, 11) is -3.35. The molecule has 0 aliphatic rings. The fourth-order valence-corrected chi connectivity index (χ4v) is 1.99. The molecular weight excluding hydrogens is 262 g/mol. The maximum atomic E-state index is 11.8. The summed E-state index contributed by atoms with van der Waals surface area (Å²) < 4.78 is 22.5. The van der Waals surface area contributed by atoms with E-state index < -0.39 is 21.0 Å². The molecule has 0 aromatic heterocycles.